The Labute approximate surface area is 108 Å². The van der Waals surface area contributed by atoms with Crippen molar-refractivity contribution >= 4 is 0 Å². The van der Waals surface area contributed by atoms with Gasteiger partial charge in [0, 0.05) is 7.11 Å². The highest BCUT2D eigenvalue weighted by atomic mass is 16.5. The molecule has 0 aliphatic heterocycles. The van der Waals surface area contributed by atoms with E-state index in [4.69, 9.17) is 4.74 Å². The van der Waals surface area contributed by atoms with E-state index in [9.17, 15) is 0 Å². The molecular formula is C16H32O. The van der Waals surface area contributed by atoms with E-state index in [0.29, 0.717) is 6.10 Å². The molecule has 1 fully saturated rings. The molecule has 0 amide bonds. The molecule has 1 nitrogen and oxygen atoms in total. The van der Waals surface area contributed by atoms with E-state index in [1.807, 2.05) is 7.11 Å². The van der Waals surface area contributed by atoms with Crippen LogP contribution < -0.4 is 0 Å². The van der Waals surface area contributed by atoms with Crippen molar-refractivity contribution in [1.82, 2.24) is 0 Å². The first-order valence-electron chi connectivity index (χ1n) is 7.66. The van der Waals surface area contributed by atoms with Crippen molar-refractivity contribution in [3.05, 3.63) is 0 Å². The number of hydrogen-bond acceptors (Lipinski definition) is 1. The van der Waals surface area contributed by atoms with Crippen LogP contribution in [0.2, 0.25) is 0 Å². The summed E-state index contributed by atoms with van der Waals surface area (Å²) < 4.78 is 5.69. The standard InChI is InChI=1S/C16H32O/c1-13-7-5-6-8-14(2)10-12-16(17-4)15(3)11-9-13/h13-16H,5-12H2,1-4H3. The van der Waals surface area contributed by atoms with Gasteiger partial charge in [0.15, 0.2) is 0 Å². The molecule has 0 spiro atoms. The molecule has 102 valence electrons. The predicted molar refractivity (Wildman–Crippen MR) is 75.2 cm³/mol. The Morgan fingerprint density at radius 2 is 1.24 bits per heavy atom. The second-order valence-electron chi connectivity index (χ2n) is 6.40. The minimum atomic E-state index is 0.490. The van der Waals surface area contributed by atoms with Crippen LogP contribution in [-0.4, -0.2) is 13.2 Å². The SMILES string of the molecule is COC1CCC(C)CCCCC(C)CCC1C. The molecule has 1 heteroatoms. The van der Waals surface area contributed by atoms with Crippen molar-refractivity contribution in [2.24, 2.45) is 17.8 Å². The summed E-state index contributed by atoms with van der Waals surface area (Å²) in [4.78, 5) is 0. The molecule has 0 N–H and O–H groups in total. The van der Waals surface area contributed by atoms with Crippen LogP contribution in [-0.2, 0) is 4.74 Å². The zero-order valence-corrected chi connectivity index (χ0v) is 12.4. The average Bonchev–Trinajstić information content (AvgIpc) is 2.31. The quantitative estimate of drug-likeness (QED) is 0.623. The maximum absolute atomic E-state index is 5.69. The van der Waals surface area contributed by atoms with E-state index in [1.54, 1.807) is 0 Å². The van der Waals surface area contributed by atoms with E-state index < -0.39 is 0 Å². The molecule has 0 bridgehead atoms. The van der Waals surface area contributed by atoms with Crippen LogP contribution in [0.4, 0.5) is 0 Å². The van der Waals surface area contributed by atoms with Gasteiger partial charge in [0.05, 0.1) is 6.10 Å². The second-order valence-corrected chi connectivity index (χ2v) is 6.40. The molecule has 0 aromatic rings. The molecular weight excluding hydrogens is 208 g/mol. The Morgan fingerprint density at radius 3 is 1.76 bits per heavy atom. The van der Waals surface area contributed by atoms with Crippen molar-refractivity contribution in [3.8, 4) is 0 Å². The van der Waals surface area contributed by atoms with Crippen molar-refractivity contribution in [1.29, 1.82) is 0 Å². The lowest BCUT2D eigenvalue weighted by atomic mass is 9.86. The van der Waals surface area contributed by atoms with E-state index in [-0.39, 0.29) is 0 Å². The van der Waals surface area contributed by atoms with Gasteiger partial charge in [-0.3, -0.25) is 0 Å². The summed E-state index contributed by atoms with van der Waals surface area (Å²) in [7, 11) is 1.89. The smallest absolute Gasteiger partial charge is 0.0597 e. The fourth-order valence-corrected chi connectivity index (χ4v) is 3.09. The highest BCUT2D eigenvalue weighted by Crippen LogP contribution is 2.27. The normalized spacial score (nSPS) is 38.1. The summed E-state index contributed by atoms with van der Waals surface area (Å²) in [5.41, 5.74) is 0. The van der Waals surface area contributed by atoms with Gasteiger partial charge in [-0.1, -0.05) is 52.9 Å². The third-order valence-corrected chi connectivity index (χ3v) is 4.64. The molecule has 1 saturated carbocycles. The van der Waals surface area contributed by atoms with E-state index in [2.05, 4.69) is 20.8 Å². The molecule has 4 unspecified atom stereocenters. The second kappa shape index (κ2) is 8.13. The fourth-order valence-electron chi connectivity index (χ4n) is 3.09. The van der Waals surface area contributed by atoms with E-state index in [0.717, 1.165) is 17.8 Å². The van der Waals surface area contributed by atoms with Crippen LogP contribution in [0.25, 0.3) is 0 Å². The summed E-state index contributed by atoms with van der Waals surface area (Å²) in [5, 5.41) is 0. The Bertz CT molecular complexity index is 190. The summed E-state index contributed by atoms with van der Waals surface area (Å²) in [5.74, 6) is 2.52. The summed E-state index contributed by atoms with van der Waals surface area (Å²) in [6.07, 6.45) is 11.5. The molecule has 0 saturated heterocycles. The number of hydrogen-bond donors (Lipinski definition) is 0. The van der Waals surface area contributed by atoms with Gasteiger partial charge in [0.1, 0.15) is 0 Å². The highest BCUT2D eigenvalue weighted by molar-refractivity contribution is 4.70. The first kappa shape index (κ1) is 15.0. The van der Waals surface area contributed by atoms with Crippen LogP contribution in [0.3, 0.4) is 0 Å². The molecule has 4 atom stereocenters. The lowest BCUT2D eigenvalue weighted by Gasteiger charge is -2.26. The van der Waals surface area contributed by atoms with Gasteiger partial charge in [-0.05, 0) is 37.0 Å². The van der Waals surface area contributed by atoms with Gasteiger partial charge >= 0.3 is 0 Å². The van der Waals surface area contributed by atoms with Gasteiger partial charge in [-0.25, -0.2) is 0 Å². The third kappa shape index (κ3) is 5.90. The Kier molecular flexibility index (Phi) is 7.18. The number of ether oxygens (including phenoxy) is 1. The first-order chi connectivity index (χ1) is 8.13. The van der Waals surface area contributed by atoms with Crippen LogP contribution in [0, 0.1) is 17.8 Å². The van der Waals surface area contributed by atoms with Crippen molar-refractivity contribution in [2.45, 2.75) is 78.2 Å². The maximum atomic E-state index is 5.69. The van der Waals surface area contributed by atoms with Gasteiger partial charge in [0.2, 0.25) is 0 Å². The number of methoxy groups -OCH3 is 1. The molecule has 0 heterocycles. The zero-order chi connectivity index (χ0) is 12.7. The number of rotatable bonds is 1. The predicted octanol–water partition coefficient (Wildman–Crippen LogP) is 5.04. The van der Waals surface area contributed by atoms with Crippen LogP contribution in [0.5, 0.6) is 0 Å². The van der Waals surface area contributed by atoms with E-state index >= 15 is 0 Å². The van der Waals surface area contributed by atoms with Gasteiger partial charge in [-0.15, -0.1) is 0 Å². The molecule has 1 aliphatic rings. The molecule has 0 radical (unpaired) electrons. The minimum absolute atomic E-state index is 0.490. The summed E-state index contributed by atoms with van der Waals surface area (Å²) in [6, 6.07) is 0. The average molecular weight is 240 g/mol. The zero-order valence-electron chi connectivity index (χ0n) is 12.4. The Hall–Kier alpha value is -0.0400. The highest BCUT2D eigenvalue weighted by Gasteiger charge is 2.19. The van der Waals surface area contributed by atoms with Gasteiger partial charge < -0.3 is 4.74 Å². The first-order valence-corrected chi connectivity index (χ1v) is 7.66. The van der Waals surface area contributed by atoms with Crippen molar-refractivity contribution in [3.63, 3.8) is 0 Å². The lowest BCUT2D eigenvalue weighted by molar-refractivity contribution is 0.0409. The van der Waals surface area contributed by atoms with Gasteiger partial charge in [0.25, 0.3) is 0 Å². The molecule has 17 heavy (non-hydrogen) atoms. The van der Waals surface area contributed by atoms with Crippen LogP contribution in [0.1, 0.15) is 72.1 Å². The van der Waals surface area contributed by atoms with Gasteiger partial charge in [-0.2, -0.15) is 0 Å². The lowest BCUT2D eigenvalue weighted by Crippen LogP contribution is -2.22. The monoisotopic (exact) mass is 240 g/mol. The topological polar surface area (TPSA) is 9.23 Å². The van der Waals surface area contributed by atoms with Crippen molar-refractivity contribution < 1.29 is 4.74 Å². The summed E-state index contributed by atoms with van der Waals surface area (Å²) >= 11 is 0. The van der Waals surface area contributed by atoms with Crippen molar-refractivity contribution in [2.75, 3.05) is 7.11 Å². The molecule has 1 aliphatic carbocycles. The largest absolute Gasteiger partial charge is 0.381 e. The Morgan fingerprint density at radius 1 is 0.706 bits per heavy atom. The third-order valence-electron chi connectivity index (χ3n) is 4.64. The van der Waals surface area contributed by atoms with E-state index in [1.165, 1.54) is 51.4 Å². The summed E-state index contributed by atoms with van der Waals surface area (Å²) in [6.45, 7) is 7.20. The minimum Gasteiger partial charge on any atom is -0.381 e. The molecule has 0 aromatic heterocycles. The molecule has 0 aromatic carbocycles. The molecule has 1 rings (SSSR count). The Balaban J connectivity index is 2.48. The fraction of sp³-hybridized carbons (Fsp3) is 1.00. The van der Waals surface area contributed by atoms with Crippen LogP contribution >= 0.6 is 0 Å². The van der Waals surface area contributed by atoms with Crippen LogP contribution in [0.15, 0.2) is 0 Å². The maximum Gasteiger partial charge on any atom is 0.0597 e.